The van der Waals surface area contributed by atoms with E-state index in [-0.39, 0.29) is 22.4 Å². The molecule has 28 heavy (non-hydrogen) atoms. The number of allylic oxidation sites excluding steroid dienone is 5. The lowest BCUT2D eigenvalue weighted by atomic mass is 9.49. The SMILES string of the molecule is C[C@]12CCC(=O)C(O)=C1C=C[C@@H]1[C@@H]2CC[C@]2(C)/C(=C/c3ccccn3)CC[C@@H]12. The lowest BCUT2D eigenvalue weighted by Gasteiger charge is -2.55. The fourth-order valence-electron chi connectivity index (χ4n) is 6.84. The van der Waals surface area contributed by atoms with E-state index in [0.29, 0.717) is 24.2 Å². The van der Waals surface area contributed by atoms with Gasteiger partial charge in [-0.15, -0.1) is 0 Å². The largest absolute Gasteiger partial charge is 0.504 e. The van der Waals surface area contributed by atoms with Crippen molar-refractivity contribution in [3.63, 3.8) is 0 Å². The lowest BCUT2D eigenvalue weighted by molar-refractivity contribution is -0.120. The molecule has 1 aromatic rings. The number of Topliss-reactive ketones (excluding diaryl/α,β-unsaturated/α-hetero) is 1. The van der Waals surface area contributed by atoms with E-state index < -0.39 is 0 Å². The predicted octanol–water partition coefficient (Wildman–Crippen LogP) is 5.66. The Hall–Kier alpha value is -2.16. The van der Waals surface area contributed by atoms with Crippen LogP contribution >= 0.6 is 0 Å². The molecule has 0 saturated heterocycles. The van der Waals surface area contributed by atoms with Crippen LogP contribution in [0.2, 0.25) is 0 Å². The Balaban J connectivity index is 1.52. The van der Waals surface area contributed by atoms with Crippen molar-refractivity contribution in [2.24, 2.45) is 28.6 Å². The number of carbonyl (C=O) groups excluding carboxylic acids is 1. The summed E-state index contributed by atoms with van der Waals surface area (Å²) in [6.07, 6.45) is 14.7. The van der Waals surface area contributed by atoms with Gasteiger partial charge >= 0.3 is 0 Å². The van der Waals surface area contributed by atoms with Gasteiger partial charge in [-0.2, -0.15) is 0 Å². The Bertz CT molecular complexity index is 912. The third kappa shape index (κ3) is 2.41. The summed E-state index contributed by atoms with van der Waals surface area (Å²) in [6.45, 7) is 4.74. The Labute approximate surface area is 167 Å². The quantitative estimate of drug-likeness (QED) is 0.689. The number of aliphatic hydroxyl groups excluding tert-OH is 1. The van der Waals surface area contributed by atoms with E-state index >= 15 is 0 Å². The Morgan fingerprint density at radius 1 is 1.11 bits per heavy atom. The summed E-state index contributed by atoms with van der Waals surface area (Å²) in [7, 11) is 0. The number of fused-ring (bicyclic) bond motifs is 5. The average Bonchev–Trinajstić information content (AvgIpc) is 3.02. The van der Waals surface area contributed by atoms with Crippen molar-refractivity contribution in [3.05, 3.63) is 59.1 Å². The van der Waals surface area contributed by atoms with Gasteiger partial charge in [0.1, 0.15) is 0 Å². The molecule has 1 heterocycles. The number of hydrogen-bond acceptors (Lipinski definition) is 3. The summed E-state index contributed by atoms with van der Waals surface area (Å²) < 4.78 is 0. The normalized spacial score (nSPS) is 41.0. The van der Waals surface area contributed by atoms with E-state index in [1.807, 2.05) is 12.3 Å². The van der Waals surface area contributed by atoms with Crippen molar-refractivity contribution in [1.29, 1.82) is 0 Å². The molecule has 3 heteroatoms. The number of aromatic nitrogens is 1. The van der Waals surface area contributed by atoms with E-state index in [9.17, 15) is 9.90 Å². The van der Waals surface area contributed by atoms with Crippen molar-refractivity contribution >= 4 is 11.9 Å². The van der Waals surface area contributed by atoms with Gasteiger partial charge in [0.15, 0.2) is 11.5 Å². The van der Waals surface area contributed by atoms with E-state index in [0.717, 1.165) is 30.5 Å². The predicted molar refractivity (Wildman–Crippen MR) is 110 cm³/mol. The van der Waals surface area contributed by atoms with Crippen LogP contribution in [0, 0.1) is 28.6 Å². The van der Waals surface area contributed by atoms with Crippen LogP contribution in [0.4, 0.5) is 0 Å². The van der Waals surface area contributed by atoms with E-state index in [2.05, 4.69) is 49.2 Å². The minimum absolute atomic E-state index is 0.0268. The molecule has 0 unspecified atom stereocenters. The van der Waals surface area contributed by atoms with E-state index in [4.69, 9.17) is 0 Å². The van der Waals surface area contributed by atoms with E-state index in [1.54, 1.807) is 5.57 Å². The van der Waals surface area contributed by atoms with Gasteiger partial charge in [-0.1, -0.05) is 37.6 Å². The van der Waals surface area contributed by atoms with Crippen molar-refractivity contribution in [2.75, 3.05) is 0 Å². The average molecular weight is 376 g/mol. The second-order valence-corrected chi connectivity index (χ2v) is 9.67. The number of aliphatic hydroxyl groups is 1. The number of pyridine rings is 1. The number of rotatable bonds is 1. The zero-order chi connectivity index (χ0) is 19.5. The monoisotopic (exact) mass is 375 g/mol. The Morgan fingerprint density at radius 3 is 2.71 bits per heavy atom. The van der Waals surface area contributed by atoms with Crippen LogP contribution in [0.1, 0.15) is 58.1 Å². The maximum absolute atomic E-state index is 12.0. The van der Waals surface area contributed by atoms with Gasteiger partial charge in [0.2, 0.25) is 0 Å². The lowest BCUT2D eigenvalue weighted by Crippen LogP contribution is -2.48. The molecule has 0 amide bonds. The molecule has 1 aromatic heterocycles. The molecule has 2 fully saturated rings. The molecular formula is C25H29NO2. The van der Waals surface area contributed by atoms with Gasteiger partial charge in [-0.25, -0.2) is 0 Å². The molecular weight excluding hydrogens is 346 g/mol. The summed E-state index contributed by atoms with van der Waals surface area (Å²) in [6, 6.07) is 6.12. The third-order valence-electron chi connectivity index (χ3n) is 8.50. The molecule has 5 atom stereocenters. The number of carbonyl (C=O) groups is 1. The first-order chi connectivity index (χ1) is 13.4. The maximum Gasteiger partial charge on any atom is 0.197 e. The van der Waals surface area contributed by atoms with Gasteiger partial charge in [0.25, 0.3) is 0 Å². The molecule has 5 rings (SSSR count). The topological polar surface area (TPSA) is 50.2 Å². The van der Waals surface area contributed by atoms with Crippen molar-refractivity contribution in [3.8, 4) is 0 Å². The van der Waals surface area contributed by atoms with Crippen molar-refractivity contribution in [2.45, 2.75) is 52.4 Å². The highest BCUT2D eigenvalue weighted by molar-refractivity contribution is 5.95. The van der Waals surface area contributed by atoms with Crippen LogP contribution in [0.15, 0.2) is 53.5 Å². The molecule has 4 aliphatic rings. The van der Waals surface area contributed by atoms with Gasteiger partial charge in [-0.3, -0.25) is 9.78 Å². The highest BCUT2D eigenvalue weighted by Crippen LogP contribution is 2.65. The Kier molecular flexibility index (Phi) is 3.94. The standard InChI is InChI=1S/C25H29NO2/c1-24-12-10-20-18(7-9-21-23(28)22(27)11-13-25(20,21)2)19(24)8-6-16(24)15-17-5-3-4-14-26-17/h3-5,7,9,14-15,18-20,28H,6,8,10-13H2,1-2H3/b16-15+/t18-,19-,20-,24+,25+/m0/s1. The van der Waals surface area contributed by atoms with Crippen molar-refractivity contribution < 1.29 is 9.90 Å². The first-order valence-corrected chi connectivity index (χ1v) is 10.7. The molecule has 146 valence electrons. The minimum atomic E-state index is -0.0855. The van der Waals surface area contributed by atoms with Gasteiger partial charge in [-0.05, 0) is 73.5 Å². The number of ketones is 1. The van der Waals surface area contributed by atoms with Crippen LogP contribution in [0.25, 0.3) is 6.08 Å². The first kappa shape index (κ1) is 17.9. The van der Waals surface area contributed by atoms with Crippen LogP contribution < -0.4 is 0 Å². The third-order valence-corrected chi connectivity index (χ3v) is 8.50. The fourth-order valence-corrected chi connectivity index (χ4v) is 6.84. The zero-order valence-corrected chi connectivity index (χ0v) is 16.8. The van der Waals surface area contributed by atoms with Gasteiger partial charge in [0.05, 0.1) is 5.69 Å². The van der Waals surface area contributed by atoms with Crippen LogP contribution in [-0.4, -0.2) is 15.9 Å². The zero-order valence-electron chi connectivity index (χ0n) is 16.8. The van der Waals surface area contributed by atoms with Gasteiger partial charge in [0, 0.05) is 23.6 Å². The van der Waals surface area contributed by atoms with Crippen LogP contribution in [0.3, 0.4) is 0 Å². The van der Waals surface area contributed by atoms with Crippen LogP contribution in [0.5, 0.6) is 0 Å². The smallest absolute Gasteiger partial charge is 0.197 e. The molecule has 0 aliphatic heterocycles. The highest BCUT2D eigenvalue weighted by Gasteiger charge is 2.57. The first-order valence-electron chi connectivity index (χ1n) is 10.7. The molecule has 0 aromatic carbocycles. The molecule has 0 bridgehead atoms. The summed E-state index contributed by atoms with van der Waals surface area (Å²) in [5.41, 5.74) is 3.68. The molecule has 2 saturated carbocycles. The second-order valence-electron chi connectivity index (χ2n) is 9.67. The number of hydrogen-bond donors (Lipinski definition) is 1. The summed E-state index contributed by atoms with van der Waals surface area (Å²) in [4.78, 5) is 16.6. The summed E-state index contributed by atoms with van der Waals surface area (Å²) in [5, 5.41) is 10.4. The summed E-state index contributed by atoms with van der Waals surface area (Å²) >= 11 is 0. The van der Waals surface area contributed by atoms with E-state index in [1.165, 1.54) is 12.8 Å². The van der Waals surface area contributed by atoms with Crippen molar-refractivity contribution in [1.82, 2.24) is 4.98 Å². The Morgan fingerprint density at radius 2 is 1.93 bits per heavy atom. The minimum Gasteiger partial charge on any atom is -0.504 e. The fraction of sp³-hybridized carbons (Fsp3) is 0.520. The van der Waals surface area contributed by atoms with Gasteiger partial charge < -0.3 is 5.11 Å². The maximum atomic E-state index is 12.0. The number of nitrogens with zero attached hydrogens (tertiary/aromatic N) is 1. The molecule has 4 aliphatic carbocycles. The molecule has 1 N–H and O–H groups in total. The summed E-state index contributed by atoms with van der Waals surface area (Å²) in [5.74, 6) is 1.63. The second kappa shape index (κ2) is 6.17. The molecule has 3 nitrogen and oxygen atoms in total. The van der Waals surface area contributed by atoms with Crippen LogP contribution in [-0.2, 0) is 4.79 Å². The molecule has 0 radical (unpaired) electrons. The highest BCUT2D eigenvalue weighted by atomic mass is 16.3. The molecule has 0 spiro atoms.